The Labute approximate surface area is 175 Å². The van der Waals surface area contributed by atoms with Crippen LogP contribution in [-0.4, -0.2) is 28.8 Å². The van der Waals surface area contributed by atoms with Crippen LogP contribution in [0.25, 0.3) is 11.0 Å². The van der Waals surface area contributed by atoms with Crippen molar-refractivity contribution in [1.82, 2.24) is 14.6 Å². The number of aromatic nitrogens is 3. The molecule has 4 rings (SSSR count). The van der Waals surface area contributed by atoms with E-state index in [4.69, 9.17) is 9.47 Å². The molecule has 0 N–H and O–H groups in total. The van der Waals surface area contributed by atoms with E-state index in [2.05, 4.69) is 10.1 Å². The largest absolute Gasteiger partial charge is 0.493 e. The first kappa shape index (κ1) is 19.8. The van der Waals surface area contributed by atoms with Crippen molar-refractivity contribution in [2.45, 2.75) is 13.3 Å². The van der Waals surface area contributed by atoms with Gasteiger partial charge in [-0.3, -0.25) is 9.59 Å². The van der Waals surface area contributed by atoms with E-state index in [9.17, 15) is 9.59 Å². The van der Waals surface area contributed by atoms with Crippen molar-refractivity contribution in [1.29, 1.82) is 0 Å². The molecular weight excluding hydrogens is 402 g/mol. The Bertz CT molecular complexity index is 1390. The number of para-hydroxylation sites is 1. The molecule has 0 radical (unpaired) electrons. The second-order valence-corrected chi connectivity index (χ2v) is 7.73. The third-order valence-electron chi connectivity index (χ3n) is 4.66. The predicted molar refractivity (Wildman–Crippen MR) is 116 cm³/mol. The van der Waals surface area contributed by atoms with Crippen LogP contribution in [-0.2, 0) is 6.42 Å². The molecule has 2 heterocycles. The van der Waals surface area contributed by atoms with Gasteiger partial charge in [0.05, 0.1) is 18.8 Å². The van der Waals surface area contributed by atoms with Gasteiger partial charge in [-0.05, 0) is 24.6 Å². The smallest absolute Gasteiger partial charge is 0.296 e. The number of hydrogen-bond donors (Lipinski definition) is 0. The summed E-state index contributed by atoms with van der Waals surface area (Å²) in [6, 6.07) is 13.2. The molecule has 0 aliphatic heterocycles. The molecule has 30 heavy (non-hydrogen) atoms. The van der Waals surface area contributed by atoms with Gasteiger partial charge in [-0.1, -0.05) is 53.3 Å². The normalized spacial score (nSPS) is 11.8. The van der Waals surface area contributed by atoms with Crippen molar-refractivity contribution in [2.75, 3.05) is 14.2 Å². The second-order valence-electron chi connectivity index (χ2n) is 6.72. The number of fused-ring (bicyclic) bond motifs is 1. The zero-order chi connectivity index (χ0) is 21.3. The van der Waals surface area contributed by atoms with Gasteiger partial charge >= 0.3 is 0 Å². The second kappa shape index (κ2) is 8.08. The lowest BCUT2D eigenvalue weighted by Gasteiger charge is -2.09. The van der Waals surface area contributed by atoms with E-state index < -0.39 is 5.56 Å². The number of ether oxygens (including phenoxy) is 2. The van der Waals surface area contributed by atoms with Gasteiger partial charge in [0, 0.05) is 12.0 Å². The van der Waals surface area contributed by atoms with Crippen LogP contribution >= 0.6 is 11.3 Å². The van der Waals surface area contributed by atoms with Crippen LogP contribution < -0.4 is 25.1 Å². The minimum absolute atomic E-state index is 0.233. The van der Waals surface area contributed by atoms with Gasteiger partial charge in [-0.15, -0.1) is 0 Å². The van der Waals surface area contributed by atoms with Crippen molar-refractivity contribution in [3.63, 3.8) is 0 Å². The molecular formula is C22H19N3O4S. The molecule has 0 fully saturated rings. The molecule has 0 unspecified atom stereocenters. The zero-order valence-corrected chi connectivity index (χ0v) is 17.5. The Morgan fingerprint density at radius 3 is 2.53 bits per heavy atom. The van der Waals surface area contributed by atoms with Gasteiger partial charge in [0.25, 0.3) is 11.1 Å². The maximum atomic E-state index is 12.9. The van der Waals surface area contributed by atoms with E-state index in [1.807, 2.05) is 43.3 Å². The summed E-state index contributed by atoms with van der Waals surface area (Å²) in [6.07, 6.45) is 2.00. The minimum atomic E-state index is -0.428. The van der Waals surface area contributed by atoms with Crippen molar-refractivity contribution >= 4 is 22.4 Å². The van der Waals surface area contributed by atoms with E-state index >= 15 is 0 Å². The number of thiazole rings is 1. The Hall–Kier alpha value is -3.52. The summed E-state index contributed by atoms with van der Waals surface area (Å²) in [5.41, 5.74) is 2.22. The van der Waals surface area contributed by atoms with Gasteiger partial charge in [0.2, 0.25) is 4.96 Å². The molecule has 0 saturated carbocycles. The molecule has 0 spiro atoms. The number of benzene rings is 2. The van der Waals surface area contributed by atoms with E-state index in [-0.39, 0.29) is 16.2 Å². The quantitative estimate of drug-likeness (QED) is 0.490. The van der Waals surface area contributed by atoms with Crippen LogP contribution in [0.2, 0.25) is 0 Å². The Balaban J connectivity index is 1.82. The minimum Gasteiger partial charge on any atom is -0.493 e. The number of methoxy groups -OCH3 is 2. The first-order chi connectivity index (χ1) is 14.5. The van der Waals surface area contributed by atoms with Crippen molar-refractivity contribution < 1.29 is 9.47 Å². The molecule has 2 aromatic heterocycles. The summed E-state index contributed by atoms with van der Waals surface area (Å²) in [5.74, 6) is 1.08. The van der Waals surface area contributed by atoms with Gasteiger partial charge in [0.1, 0.15) is 5.69 Å². The molecule has 0 aliphatic rings. The lowest BCUT2D eigenvalue weighted by atomic mass is 10.1. The van der Waals surface area contributed by atoms with Gasteiger partial charge < -0.3 is 9.47 Å². The van der Waals surface area contributed by atoms with Crippen molar-refractivity contribution in [3.05, 3.63) is 90.1 Å². The average molecular weight is 421 g/mol. The Morgan fingerprint density at radius 1 is 1.07 bits per heavy atom. The number of hydrogen-bond acceptors (Lipinski definition) is 7. The topological polar surface area (TPSA) is 82.8 Å². The van der Waals surface area contributed by atoms with Crippen LogP contribution in [0.5, 0.6) is 11.5 Å². The molecule has 0 bridgehead atoms. The summed E-state index contributed by atoms with van der Waals surface area (Å²) in [7, 11) is 3.09. The number of aryl methyl sites for hydroxylation is 1. The van der Waals surface area contributed by atoms with Gasteiger partial charge in [0.15, 0.2) is 11.5 Å². The van der Waals surface area contributed by atoms with Crippen LogP contribution in [0, 0.1) is 6.92 Å². The van der Waals surface area contributed by atoms with Crippen molar-refractivity contribution in [2.24, 2.45) is 0 Å². The summed E-state index contributed by atoms with van der Waals surface area (Å²) in [4.78, 5) is 29.7. The molecule has 0 aliphatic carbocycles. The highest BCUT2D eigenvalue weighted by molar-refractivity contribution is 7.15. The SMILES string of the molecule is COc1cccc(C=c2sc3nc(=O)c(Cc4ccc(C)cc4)nn3c2=O)c1OC. The molecule has 4 aromatic rings. The fourth-order valence-corrected chi connectivity index (χ4v) is 4.01. The van der Waals surface area contributed by atoms with E-state index in [0.29, 0.717) is 28.0 Å². The van der Waals surface area contributed by atoms with Crippen LogP contribution in [0.15, 0.2) is 52.1 Å². The maximum Gasteiger partial charge on any atom is 0.296 e. The van der Waals surface area contributed by atoms with E-state index in [1.54, 1.807) is 19.3 Å². The number of rotatable bonds is 5. The molecule has 0 saturated heterocycles. The van der Waals surface area contributed by atoms with Gasteiger partial charge in [-0.2, -0.15) is 14.6 Å². The molecule has 0 amide bonds. The standard InChI is InChI=1S/C22H19N3O4S/c1-13-7-9-14(10-8-13)11-16-20(26)23-22-25(24-16)21(27)18(30-22)12-15-5-4-6-17(28-2)19(15)29-3/h4-10,12H,11H2,1-3H3. The Kier molecular flexibility index (Phi) is 5.33. The van der Waals surface area contributed by atoms with Crippen LogP contribution in [0.3, 0.4) is 0 Å². The summed E-state index contributed by atoms with van der Waals surface area (Å²) < 4.78 is 12.3. The third-order valence-corrected chi connectivity index (χ3v) is 5.62. The molecule has 7 nitrogen and oxygen atoms in total. The highest BCUT2D eigenvalue weighted by atomic mass is 32.1. The predicted octanol–water partition coefficient (Wildman–Crippen LogP) is 1.98. The Morgan fingerprint density at radius 2 is 1.83 bits per heavy atom. The summed E-state index contributed by atoms with van der Waals surface area (Å²) in [5, 5.41) is 4.29. The molecule has 152 valence electrons. The first-order valence-electron chi connectivity index (χ1n) is 9.21. The monoisotopic (exact) mass is 421 g/mol. The van der Waals surface area contributed by atoms with E-state index in [1.165, 1.54) is 11.6 Å². The molecule has 0 atom stereocenters. The highest BCUT2D eigenvalue weighted by Crippen LogP contribution is 2.31. The summed E-state index contributed by atoms with van der Waals surface area (Å²) in [6.45, 7) is 1.99. The van der Waals surface area contributed by atoms with Crippen LogP contribution in [0.1, 0.15) is 22.4 Å². The average Bonchev–Trinajstić information content (AvgIpc) is 3.04. The first-order valence-corrected chi connectivity index (χ1v) is 10.0. The highest BCUT2D eigenvalue weighted by Gasteiger charge is 2.13. The third kappa shape index (κ3) is 3.69. The lowest BCUT2D eigenvalue weighted by Crippen LogP contribution is -2.28. The number of nitrogens with zero attached hydrogens (tertiary/aromatic N) is 3. The van der Waals surface area contributed by atoms with E-state index in [0.717, 1.165) is 22.5 Å². The fraction of sp³-hybridized carbons (Fsp3) is 0.182. The zero-order valence-electron chi connectivity index (χ0n) is 16.7. The molecule has 8 heteroatoms. The van der Waals surface area contributed by atoms with Crippen LogP contribution in [0.4, 0.5) is 0 Å². The molecule has 2 aromatic carbocycles. The summed E-state index contributed by atoms with van der Waals surface area (Å²) >= 11 is 1.11. The lowest BCUT2D eigenvalue weighted by molar-refractivity contribution is 0.354. The maximum absolute atomic E-state index is 12.9. The van der Waals surface area contributed by atoms with Gasteiger partial charge in [-0.25, -0.2) is 0 Å². The van der Waals surface area contributed by atoms with Crippen molar-refractivity contribution in [3.8, 4) is 11.5 Å². The fourth-order valence-electron chi connectivity index (χ4n) is 3.12.